The molecule has 0 spiro atoms. The molecule has 0 bridgehead atoms. The van der Waals surface area contributed by atoms with Crippen LogP contribution in [0, 0.1) is 12.1 Å². The number of unbranched alkanes of at least 4 members (excludes halogenated alkanes) is 7. The lowest BCUT2D eigenvalue weighted by molar-refractivity contribution is -0.621. The average Bonchev–Trinajstić information content (AvgIpc) is 2.48. The van der Waals surface area contributed by atoms with Crippen LogP contribution < -0.4 is 4.73 Å². The molecule has 1 rings (SSSR count). The Morgan fingerprint density at radius 1 is 1.05 bits per heavy atom. The lowest BCUT2D eigenvalue weighted by Gasteiger charge is -2.08. The van der Waals surface area contributed by atoms with E-state index in [4.69, 9.17) is 0 Å². The van der Waals surface area contributed by atoms with Crippen LogP contribution in [0.3, 0.4) is 0 Å². The Balaban J connectivity index is 2.07. The predicted octanol–water partition coefficient (Wildman–Crippen LogP) is 3.98. The summed E-state index contributed by atoms with van der Waals surface area (Å²) in [6, 6.07) is 3.23. The predicted molar refractivity (Wildman–Crippen MR) is 87.7 cm³/mol. The normalized spacial score (nSPS) is 10.8. The first-order valence-electron chi connectivity index (χ1n) is 8.43. The van der Waals surface area contributed by atoms with E-state index in [-0.39, 0.29) is 11.5 Å². The Morgan fingerprint density at radius 3 is 2.18 bits per heavy atom. The summed E-state index contributed by atoms with van der Waals surface area (Å²) in [7, 11) is 0. The first-order chi connectivity index (χ1) is 10.5. The number of aryl methyl sites for hydroxylation is 1. The zero-order valence-corrected chi connectivity index (χ0v) is 13.9. The molecule has 0 saturated carbocycles. The van der Waals surface area contributed by atoms with Crippen LogP contribution >= 0.6 is 0 Å². The van der Waals surface area contributed by atoms with Crippen LogP contribution in [0.1, 0.15) is 76.1 Å². The van der Waals surface area contributed by atoms with Crippen molar-refractivity contribution in [3.8, 4) is 5.75 Å². The van der Waals surface area contributed by atoms with E-state index in [0.29, 0.717) is 17.8 Å². The summed E-state index contributed by atoms with van der Waals surface area (Å²) in [5.41, 5.74) is 1.11. The SMILES string of the molecule is CC(=O)CCCCCCCCCCc1c(O)ccc(C)[n+]1[O-]. The van der Waals surface area contributed by atoms with E-state index in [2.05, 4.69) is 0 Å². The molecule has 1 aromatic heterocycles. The summed E-state index contributed by atoms with van der Waals surface area (Å²) >= 11 is 0. The molecule has 0 aliphatic carbocycles. The van der Waals surface area contributed by atoms with Crippen molar-refractivity contribution >= 4 is 5.78 Å². The van der Waals surface area contributed by atoms with Crippen molar-refractivity contribution < 1.29 is 14.6 Å². The largest absolute Gasteiger partial charge is 0.618 e. The Kier molecular flexibility index (Phi) is 8.56. The second-order valence-corrected chi connectivity index (χ2v) is 6.13. The van der Waals surface area contributed by atoms with Gasteiger partial charge in [0.25, 0.3) is 0 Å². The maximum atomic E-state index is 11.8. The highest BCUT2D eigenvalue weighted by Gasteiger charge is 2.13. The molecule has 4 heteroatoms. The van der Waals surface area contributed by atoms with Crippen LogP contribution in [0.25, 0.3) is 0 Å². The fraction of sp³-hybridized carbons (Fsp3) is 0.667. The van der Waals surface area contributed by atoms with E-state index in [1.807, 2.05) is 0 Å². The van der Waals surface area contributed by atoms with Gasteiger partial charge < -0.3 is 15.1 Å². The summed E-state index contributed by atoms with van der Waals surface area (Å²) in [4.78, 5) is 10.8. The smallest absolute Gasteiger partial charge is 0.234 e. The molecule has 1 N–H and O–H groups in total. The lowest BCUT2D eigenvalue weighted by atomic mass is 10.0. The van der Waals surface area contributed by atoms with Crippen LogP contribution in [0.15, 0.2) is 12.1 Å². The number of hydrogen-bond donors (Lipinski definition) is 1. The van der Waals surface area contributed by atoms with Gasteiger partial charge in [-0.05, 0) is 25.8 Å². The average molecular weight is 307 g/mol. The number of carbonyl (C=O) groups excluding carboxylic acids is 1. The fourth-order valence-corrected chi connectivity index (χ4v) is 2.64. The molecule has 0 unspecified atom stereocenters. The molecule has 1 heterocycles. The van der Waals surface area contributed by atoms with Gasteiger partial charge in [0.05, 0.1) is 0 Å². The van der Waals surface area contributed by atoms with Crippen molar-refractivity contribution in [2.45, 2.75) is 78.1 Å². The molecular weight excluding hydrogens is 278 g/mol. The van der Waals surface area contributed by atoms with Crippen molar-refractivity contribution in [2.75, 3.05) is 0 Å². The Hall–Kier alpha value is -1.58. The molecule has 1 aromatic rings. The summed E-state index contributed by atoms with van der Waals surface area (Å²) in [6.07, 6.45) is 10.3. The van der Waals surface area contributed by atoms with Gasteiger partial charge in [-0.2, -0.15) is 4.73 Å². The molecule has 4 nitrogen and oxygen atoms in total. The number of aromatic nitrogens is 1. The monoisotopic (exact) mass is 307 g/mol. The summed E-state index contributed by atoms with van der Waals surface area (Å²) in [6.45, 7) is 3.40. The molecule has 124 valence electrons. The van der Waals surface area contributed by atoms with E-state index in [1.165, 1.54) is 19.3 Å². The molecule has 0 radical (unpaired) electrons. The fourth-order valence-electron chi connectivity index (χ4n) is 2.64. The summed E-state index contributed by atoms with van der Waals surface area (Å²) < 4.78 is 0.838. The molecular formula is C18H29NO3. The third-order valence-electron chi connectivity index (χ3n) is 4.04. The topological polar surface area (TPSA) is 64.2 Å². The quantitative estimate of drug-likeness (QED) is 0.382. The highest BCUT2D eigenvalue weighted by molar-refractivity contribution is 5.75. The lowest BCUT2D eigenvalue weighted by Crippen LogP contribution is -2.35. The van der Waals surface area contributed by atoms with Gasteiger partial charge in [-0.3, -0.25) is 0 Å². The van der Waals surface area contributed by atoms with Gasteiger partial charge >= 0.3 is 0 Å². The van der Waals surface area contributed by atoms with Crippen LogP contribution in [-0.2, 0) is 11.2 Å². The summed E-state index contributed by atoms with van der Waals surface area (Å²) in [5.74, 6) is 0.390. The maximum Gasteiger partial charge on any atom is 0.234 e. The Labute approximate surface area is 133 Å². The number of nitrogens with zero attached hydrogens (tertiary/aromatic N) is 1. The first-order valence-corrected chi connectivity index (χ1v) is 8.43. The molecule has 22 heavy (non-hydrogen) atoms. The van der Waals surface area contributed by atoms with Crippen molar-refractivity contribution in [1.82, 2.24) is 0 Å². The van der Waals surface area contributed by atoms with Crippen LogP contribution in [0.4, 0.5) is 0 Å². The minimum absolute atomic E-state index is 0.103. The minimum Gasteiger partial charge on any atom is -0.618 e. The first kappa shape index (κ1) is 18.5. The van der Waals surface area contributed by atoms with Gasteiger partial charge in [0.2, 0.25) is 5.69 Å². The zero-order valence-electron chi connectivity index (χ0n) is 13.9. The molecule has 0 amide bonds. The van der Waals surface area contributed by atoms with Gasteiger partial charge in [-0.25, -0.2) is 0 Å². The number of rotatable bonds is 11. The summed E-state index contributed by atoms with van der Waals surface area (Å²) in [5, 5.41) is 21.6. The third-order valence-corrected chi connectivity index (χ3v) is 4.04. The number of aromatic hydroxyl groups is 1. The van der Waals surface area contributed by atoms with Crippen molar-refractivity contribution in [2.24, 2.45) is 0 Å². The molecule has 0 aliphatic rings. The van der Waals surface area contributed by atoms with Crippen LogP contribution in [0.2, 0.25) is 0 Å². The van der Waals surface area contributed by atoms with Crippen LogP contribution in [-0.4, -0.2) is 10.9 Å². The van der Waals surface area contributed by atoms with E-state index in [9.17, 15) is 15.1 Å². The molecule has 0 atom stereocenters. The molecule has 0 saturated heterocycles. The Bertz CT molecular complexity index is 472. The van der Waals surface area contributed by atoms with Gasteiger partial charge in [-0.1, -0.05) is 38.5 Å². The number of hydrogen-bond acceptors (Lipinski definition) is 3. The molecule has 0 aliphatic heterocycles. The maximum absolute atomic E-state index is 11.8. The van der Waals surface area contributed by atoms with Gasteiger partial charge in [0.15, 0.2) is 11.4 Å². The van der Waals surface area contributed by atoms with E-state index >= 15 is 0 Å². The standard InChI is InChI=1S/C18H29NO3/c1-15-13-14-18(21)17(19(15)22)12-10-8-6-4-3-5-7-9-11-16(2)20/h13-14,21H,3-12H2,1-2H3. The minimum atomic E-state index is 0.103. The molecule has 0 aromatic carbocycles. The van der Waals surface area contributed by atoms with Gasteiger partial charge in [0.1, 0.15) is 5.78 Å². The highest BCUT2D eigenvalue weighted by atomic mass is 16.5. The van der Waals surface area contributed by atoms with E-state index in [0.717, 1.165) is 43.3 Å². The number of ketones is 1. The van der Waals surface area contributed by atoms with Crippen LogP contribution in [0.5, 0.6) is 5.75 Å². The van der Waals surface area contributed by atoms with E-state index in [1.54, 1.807) is 26.0 Å². The van der Waals surface area contributed by atoms with Crippen molar-refractivity contribution in [1.29, 1.82) is 0 Å². The second-order valence-electron chi connectivity index (χ2n) is 6.13. The Morgan fingerprint density at radius 2 is 1.59 bits per heavy atom. The zero-order chi connectivity index (χ0) is 16.4. The molecule has 0 fully saturated rings. The highest BCUT2D eigenvalue weighted by Crippen LogP contribution is 2.17. The van der Waals surface area contributed by atoms with Gasteiger partial charge in [0, 0.05) is 25.8 Å². The third kappa shape index (κ3) is 6.92. The number of Topliss-reactive ketones (excluding diaryl/α,β-unsaturated/α-hetero) is 1. The second kappa shape index (κ2) is 10.2. The van der Waals surface area contributed by atoms with Gasteiger partial charge in [-0.15, -0.1) is 0 Å². The van der Waals surface area contributed by atoms with E-state index < -0.39 is 0 Å². The number of pyridine rings is 1. The number of carbonyl (C=O) groups is 1. The van der Waals surface area contributed by atoms with Crippen molar-refractivity contribution in [3.63, 3.8) is 0 Å². The van der Waals surface area contributed by atoms with Crippen molar-refractivity contribution in [3.05, 3.63) is 28.7 Å².